The number of hydrogen-bond donors (Lipinski definition) is 0. The van der Waals surface area contributed by atoms with Gasteiger partial charge in [0.2, 0.25) is 0 Å². The number of carbonyl (C=O) groups excluding carboxylic acids is 1. The van der Waals surface area contributed by atoms with Gasteiger partial charge in [0, 0.05) is 0 Å². The molecule has 0 atom stereocenters. The lowest BCUT2D eigenvalue weighted by Gasteiger charge is -1.98. The molecule has 0 saturated heterocycles. The molecule has 0 bridgehead atoms. The van der Waals surface area contributed by atoms with Gasteiger partial charge in [-0.2, -0.15) is 0 Å². The fraction of sp³-hybridized carbons (Fsp3) is 0.222. The molecule has 60 valence electrons. The van der Waals surface area contributed by atoms with Crippen LogP contribution in [0, 0.1) is 0 Å². The van der Waals surface area contributed by atoms with E-state index in [1.54, 1.807) is 0 Å². The van der Waals surface area contributed by atoms with E-state index in [9.17, 15) is 9.18 Å². The number of ketones is 1. The smallest absolute Gasteiger partial charge is 0.162 e. The van der Waals surface area contributed by atoms with E-state index in [4.69, 9.17) is 0 Å². The van der Waals surface area contributed by atoms with Crippen LogP contribution in [0.25, 0.3) is 0 Å². The molecule has 0 amide bonds. The third-order valence-electron chi connectivity index (χ3n) is 1.19. The van der Waals surface area contributed by atoms with Crippen molar-refractivity contribution in [3.8, 4) is 0 Å². The first-order chi connectivity index (χ1) is 5.00. The molecule has 0 spiro atoms. The van der Waals surface area contributed by atoms with E-state index >= 15 is 0 Å². The molecule has 0 aromatic rings. The summed E-state index contributed by atoms with van der Waals surface area (Å²) in [5.41, 5.74) is 0.243. The Balaban J connectivity index is 4.99. The van der Waals surface area contributed by atoms with Gasteiger partial charge < -0.3 is 0 Å². The first-order valence-corrected chi connectivity index (χ1v) is 3.19. The second-order valence-electron chi connectivity index (χ2n) is 2.27. The zero-order valence-corrected chi connectivity index (χ0v) is 6.78. The molecular weight excluding hydrogens is 143 g/mol. The molecule has 0 N–H and O–H groups in total. The van der Waals surface area contributed by atoms with Crippen LogP contribution in [-0.2, 0) is 4.79 Å². The Morgan fingerprint density at radius 3 is 2.00 bits per heavy atom. The van der Waals surface area contributed by atoms with Crippen molar-refractivity contribution < 1.29 is 9.18 Å². The van der Waals surface area contributed by atoms with Gasteiger partial charge in [0.25, 0.3) is 0 Å². The summed E-state index contributed by atoms with van der Waals surface area (Å²) in [6.07, 6.45) is 1.20. The lowest BCUT2D eigenvalue weighted by Crippen LogP contribution is -1.96. The zero-order chi connectivity index (χ0) is 9.02. The number of hydrogen-bond acceptors (Lipinski definition) is 1. The van der Waals surface area contributed by atoms with E-state index in [2.05, 4.69) is 13.2 Å². The van der Waals surface area contributed by atoms with E-state index in [-0.39, 0.29) is 16.9 Å². The maximum atomic E-state index is 12.9. The van der Waals surface area contributed by atoms with Crippen LogP contribution in [0.2, 0.25) is 0 Å². The second kappa shape index (κ2) is 3.86. The molecule has 0 heterocycles. The van der Waals surface area contributed by atoms with Crippen LogP contribution in [0.4, 0.5) is 4.39 Å². The van der Waals surface area contributed by atoms with Gasteiger partial charge in [0.15, 0.2) is 5.78 Å². The minimum absolute atomic E-state index is 0.00231. The Hall–Kier alpha value is -1.18. The second-order valence-corrected chi connectivity index (χ2v) is 2.27. The zero-order valence-electron chi connectivity index (χ0n) is 6.78. The van der Waals surface area contributed by atoms with Crippen molar-refractivity contribution in [3.05, 3.63) is 36.2 Å². The Morgan fingerprint density at radius 1 is 1.45 bits per heavy atom. The minimum Gasteiger partial charge on any atom is -0.294 e. The van der Waals surface area contributed by atoms with Crippen LogP contribution in [0.3, 0.4) is 0 Å². The van der Waals surface area contributed by atoms with Gasteiger partial charge in [-0.05, 0) is 19.4 Å². The Bertz CT molecular complexity index is 236. The Morgan fingerprint density at radius 2 is 1.91 bits per heavy atom. The highest BCUT2D eigenvalue weighted by Gasteiger charge is 2.07. The topological polar surface area (TPSA) is 17.1 Å². The maximum Gasteiger partial charge on any atom is 0.162 e. The molecule has 0 aliphatic carbocycles. The van der Waals surface area contributed by atoms with Crippen LogP contribution < -0.4 is 0 Å². The molecule has 2 heteroatoms. The van der Waals surface area contributed by atoms with Crippen molar-refractivity contribution in [2.45, 2.75) is 13.8 Å². The number of carbonyl (C=O) groups is 1. The van der Waals surface area contributed by atoms with Crippen molar-refractivity contribution in [2.24, 2.45) is 0 Å². The summed E-state index contributed by atoms with van der Waals surface area (Å²) in [6.45, 7) is 9.49. The summed E-state index contributed by atoms with van der Waals surface area (Å²) < 4.78 is 12.9. The summed E-state index contributed by atoms with van der Waals surface area (Å²) in [7, 11) is 0. The Labute approximate surface area is 65.9 Å². The largest absolute Gasteiger partial charge is 0.294 e. The number of rotatable bonds is 3. The fourth-order valence-corrected chi connectivity index (χ4v) is 0.618. The van der Waals surface area contributed by atoms with Crippen LogP contribution in [0.1, 0.15) is 13.8 Å². The molecule has 1 nitrogen and oxygen atoms in total. The van der Waals surface area contributed by atoms with Crippen LogP contribution >= 0.6 is 0 Å². The van der Waals surface area contributed by atoms with E-state index in [0.29, 0.717) is 0 Å². The number of halogens is 1. The maximum absolute atomic E-state index is 12.9. The molecule has 0 aliphatic heterocycles. The van der Waals surface area contributed by atoms with E-state index in [1.807, 2.05) is 0 Å². The normalized spacial score (nSPS) is 11.9. The predicted octanol–water partition coefficient (Wildman–Crippen LogP) is 2.56. The summed E-state index contributed by atoms with van der Waals surface area (Å²) in [6, 6.07) is 0. The third-order valence-corrected chi connectivity index (χ3v) is 1.19. The van der Waals surface area contributed by atoms with Crippen molar-refractivity contribution in [3.63, 3.8) is 0 Å². The van der Waals surface area contributed by atoms with Gasteiger partial charge in [-0.25, -0.2) is 4.39 Å². The van der Waals surface area contributed by atoms with Crippen molar-refractivity contribution in [1.82, 2.24) is 0 Å². The quantitative estimate of drug-likeness (QED) is 0.451. The predicted molar refractivity (Wildman–Crippen MR) is 43.8 cm³/mol. The number of Topliss-reactive ketones (excluding diaryl/α,β-unsaturated/α-hetero) is 1. The van der Waals surface area contributed by atoms with Gasteiger partial charge in [-0.3, -0.25) is 4.79 Å². The molecule has 0 aromatic carbocycles. The average Bonchev–Trinajstić information content (AvgIpc) is 1.88. The summed E-state index contributed by atoms with van der Waals surface area (Å²) in [5, 5.41) is 0. The first kappa shape index (κ1) is 9.82. The van der Waals surface area contributed by atoms with E-state index in [1.165, 1.54) is 19.9 Å². The monoisotopic (exact) mass is 154 g/mol. The first-order valence-electron chi connectivity index (χ1n) is 3.19. The summed E-state index contributed by atoms with van der Waals surface area (Å²) in [4.78, 5) is 10.7. The van der Waals surface area contributed by atoms with Crippen molar-refractivity contribution in [1.29, 1.82) is 0 Å². The standard InChI is InChI=1S/C9H11FO/c1-5-8(7(4)11)9(10)6(2)3/h5H,1-2H2,3-4H3/b9-8-. The molecule has 0 rings (SSSR count). The van der Waals surface area contributed by atoms with E-state index in [0.717, 1.165) is 0 Å². The third kappa shape index (κ3) is 2.50. The highest BCUT2D eigenvalue weighted by atomic mass is 19.1. The molecule has 11 heavy (non-hydrogen) atoms. The van der Waals surface area contributed by atoms with Crippen LogP contribution in [-0.4, -0.2) is 5.78 Å². The highest BCUT2D eigenvalue weighted by molar-refractivity contribution is 5.96. The van der Waals surface area contributed by atoms with Crippen LogP contribution in [0.15, 0.2) is 36.2 Å². The van der Waals surface area contributed by atoms with Gasteiger partial charge in [0.1, 0.15) is 5.83 Å². The van der Waals surface area contributed by atoms with Gasteiger partial charge in [-0.1, -0.05) is 19.2 Å². The number of allylic oxidation sites excluding steroid dienone is 4. The lowest BCUT2D eigenvalue weighted by atomic mass is 10.1. The molecule has 0 radical (unpaired) electrons. The highest BCUT2D eigenvalue weighted by Crippen LogP contribution is 2.15. The molecule has 0 aromatic heterocycles. The minimum atomic E-state index is -0.576. The molecule has 0 saturated carbocycles. The molecule has 0 unspecified atom stereocenters. The van der Waals surface area contributed by atoms with Crippen LogP contribution in [0.5, 0.6) is 0 Å². The molecular formula is C9H11FO. The van der Waals surface area contributed by atoms with Gasteiger partial charge in [-0.15, -0.1) is 0 Å². The SMILES string of the molecule is C=C/C(C(C)=O)=C(/F)C(=C)C. The van der Waals surface area contributed by atoms with Gasteiger partial charge in [0.05, 0.1) is 5.57 Å². The van der Waals surface area contributed by atoms with Crippen molar-refractivity contribution in [2.75, 3.05) is 0 Å². The average molecular weight is 154 g/mol. The Kier molecular flexibility index (Phi) is 3.45. The summed E-state index contributed by atoms with van der Waals surface area (Å²) >= 11 is 0. The summed E-state index contributed by atoms with van der Waals surface area (Å²) in [5.74, 6) is -0.909. The van der Waals surface area contributed by atoms with E-state index < -0.39 is 5.83 Å². The molecule has 0 aliphatic rings. The molecule has 0 fully saturated rings. The fourth-order valence-electron chi connectivity index (χ4n) is 0.618. The van der Waals surface area contributed by atoms with Gasteiger partial charge >= 0.3 is 0 Å². The lowest BCUT2D eigenvalue weighted by molar-refractivity contribution is -0.113. The van der Waals surface area contributed by atoms with Crippen molar-refractivity contribution >= 4 is 5.78 Å².